The number of nitrogens with zero attached hydrogens (tertiary/aromatic N) is 4. The highest BCUT2D eigenvalue weighted by atomic mass is 35.5. The van der Waals surface area contributed by atoms with Crippen LogP contribution >= 0.6 is 11.6 Å². The second-order valence-corrected chi connectivity index (χ2v) is 6.06. The molecule has 7 heteroatoms. The summed E-state index contributed by atoms with van der Waals surface area (Å²) in [7, 11) is 1.57. The van der Waals surface area contributed by atoms with Crippen LogP contribution < -0.4 is 9.64 Å². The van der Waals surface area contributed by atoms with Crippen LogP contribution in [-0.4, -0.2) is 48.4 Å². The van der Waals surface area contributed by atoms with Gasteiger partial charge in [0.2, 0.25) is 5.95 Å². The van der Waals surface area contributed by atoms with E-state index in [1.165, 1.54) is 0 Å². The maximum Gasteiger partial charge on any atom is 0.227 e. The van der Waals surface area contributed by atoms with E-state index < -0.39 is 0 Å². The number of halogens is 1. The molecule has 0 atom stereocenters. The highest BCUT2D eigenvalue weighted by molar-refractivity contribution is 6.31. The van der Waals surface area contributed by atoms with Crippen molar-refractivity contribution in [3.63, 3.8) is 0 Å². The fraction of sp³-hybridized carbons (Fsp3) is 0.278. The van der Waals surface area contributed by atoms with Crippen LogP contribution in [0.5, 0.6) is 5.75 Å². The minimum atomic E-state index is 0.306. The Kier molecular flexibility index (Phi) is 4.38. The Hall–Kier alpha value is -2.44. The normalized spacial score (nSPS) is 14.7. The number of benzene rings is 1. The van der Waals surface area contributed by atoms with Gasteiger partial charge < -0.3 is 14.4 Å². The number of methoxy groups -OCH3 is 1. The van der Waals surface area contributed by atoms with Crippen molar-refractivity contribution in [1.29, 1.82) is 0 Å². The van der Waals surface area contributed by atoms with Gasteiger partial charge in [0, 0.05) is 30.2 Å². The molecular formula is C18H17ClN4O2. The molecule has 0 spiro atoms. The Bertz CT molecular complexity index is 913. The summed E-state index contributed by atoms with van der Waals surface area (Å²) in [6.45, 7) is 2.79. The number of anilines is 1. The largest absolute Gasteiger partial charge is 0.491 e. The summed E-state index contributed by atoms with van der Waals surface area (Å²) in [5.74, 6) is 1.07. The maximum absolute atomic E-state index is 6.38. The Morgan fingerprint density at radius 2 is 2.00 bits per heavy atom. The minimum Gasteiger partial charge on any atom is -0.491 e. The first kappa shape index (κ1) is 16.1. The third-order valence-corrected chi connectivity index (χ3v) is 4.44. The molecule has 0 aliphatic carbocycles. The first-order valence-corrected chi connectivity index (χ1v) is 8.43. The van der Waals surface area contributed by atoms with Gasteiger partial charge in [0.05, 0.1) is 25.8 Å². The van der Waals surface area contributed by atoms with E-state index in [0.29, 0.717) is 35.8 Å². The van der Waals surface area contributed by atoms with E-state index in [0.717, 1.165) is 29.6 Å². The maximum atomic E-state index is 6.38. The molecule has 0 N–H and O–H groups in total. The minimum absolute atomic E-state index is 0.306. The summed E-state index contributed by atoms with van der Waals surface area (Å²) in [6, 6.07) is 9.90. The van der Waals surface area contributed by atoms with Gasteiger partial charge in [0.25, 0.3) is 0 Å². The van der Waals surface area contributed by atoms with Gasteiger partial charge in [-0.25, -0.2) is 4.98 Å². The lowest BCUT2D eigenvalue weighted by molar-refractivity contribution is 0.122. The molecule has 25 heavy (non-hydrogen) atoms. The zero-order chi connectivity index (χ0) is 17.2. The smallest absolute Gasteiger partial charge is 0.227 e. The predicted octanol–water partition coefficient (Wildman–Crippen LogP) is 3.19. The van der Waals surface area contributed by atoms with Crippen LogP contribution in [0.15, 0.2) is 36.5 Å². The van der Waals surface area contributed by atoms with E-state index in [-0.39, 0.29) is 0 Å². The van der Waals surface area contributed by atoms with Crippen molar-refractivity contribution in [2.24, 2.45) is 0 Å². The molecule has 6 nitrogen and oxygen atoms in total. The molecule has 0 amide bonds. The van der Waals surface area contributed by atoms with Gasteiger partial charge in [-0.2, -0.15) is 4.98 Å². The standard InChI is InChI=1S/C18H17ClN4O2/c1-24-16-15(13-4-5-14-12(11-13)3-2-6-20-14)21-18(22-17(16)19)23-7-9-25-10-8-23/h2-6,11H,7-10H2,1H3. The van der Waals surface area contributed by atoms with E-state index in [2.05, 4.69) is 14.9 Å². The van der Waals surface area contributed by atoms with Crippen molar-refractivity contribution in [3.8, 4) is 17.0 Å². The van der Waals surface area contributed by atoms with Gasteiger partial charge in [-0.05, 0) is 18.2 Å². The van der Waals surface area contributed by atoms with Gasteiger partial charge >= 0.3 is 0 Å². The van der Waals surface area contributed by atoms with Crippen LogP contribution in [-0.2, 0) is 4.74 Å². The van der Waals surface area contributed by atoms with Crippen molar-refractivity contribution in [3.05, 3.63) is 41.7 Å². The molecule has 2 aromatic heterocycles. The molecule has 1 aromatic carbocycles. The zero-order valence-corrected chi connectivity index (χ0v) is 14.5. The summed E-state index contributed by atoms with van der Waals surface area (Å²) in [6.07, 6.45) is 1.78. The third kappa shape index (κ3) is 3.10. The lowest BCUT2D eigenvalue weighted by Crippen LogP contribution is -2.37. The molecule has 1 aliphatic rings. The zero-order valence-electron chi connectivity index (χ0n) is 13.8. The molecule has 0 unspecified atom stereocenters. The summed E-state index contributed by atoms with van der Waals surface area (Å²) in [5, 5.41) is 1.34. The first-order chi connectivity index (χ1) is 12.3. The predicted molar refractivity (Wildman–Crippen MR) is 97.4 cm³/mol. The second kappa shape index (κ2) is 6.82. The second-order valence-electron chi connectivity index (χ2n) is 5.71. The fourth-order valence-electron chi connectivity index (χ4n) is 2.92. The van der Waals surface area contributed by atoms with Crippen molar-refractivity contribution < 1.29 is 9.47 Å². The number of pyridine rings is 1. The first-order valence-electron chi connectivity index (χ1n) is 8.05. The quantitative estimate of drug-likeness (QED) is 0.672. The molecule has 0 saturated carbocycles. The summed E-state index contributed by atoms with van der Waals surface area (Å²) in [5.41, 5.74) is 2.52. The van der Waals surface area contributed by atoms with E-state index in [4.69, 9.17) is 26.1 Å². The van der Waals surface area contributed by atoms with Crippen LogP contribution in [0.4, 0.5) is 5.95 Å². The molecule has 128 valence electrons. The Balaban J connectivity index is 1.84. The molecule has 0 radical (unpaired) electrons. The number of hydrogen-bond acceptors (Lipinski definition) is 6. The number of rotatable bonds is 3. The van der Waals surface area contributed by atoms with Crippen LogP contribution in [0.25, 0.3) is 22.2 Å². The van der Waals surface area contributed by atoms with Crippen LogP contribution in [0.1, 0.15) is 0 Å². The number of hydrogen-bond donors (Lipinski definition) is 0. The SMILES string of the molecule is COc1c(Cl)nc(N2CCOCC2)nc1-c1ccc2ncccc2c1. The Morgan fingerprint density at radius 3 is 2.80 bits per heavy atom. The number of morpholine rings is 1. The lowest BCUT2D eigenvalue weighted by Gasteiger charge is -2.27. The lowest BCUT2D eigenvalue weighted by atomic mass is 10.1. The van der Waals surface area contributed by atoms with E-state index >= 15 is 0 Å². The molecular weight excluding hydrogens is 340 g/mol. The summed E-state index contributed by atoms with van der Waals surface area (Å²) >= 11 is 6.38. The Labute approximate surface area is 150 Å². The fourth-order valence-corrected chi connectivity index (χ4v) is 3.16. The van der Waals surface area contributed by atoms with Gasteiger partial charge in [0.1, 0.15) is 5.69 Å². The van der Waals surface area contributed by atoms with Crippen molar-refractivity contribution in [2.75, 3.05) is 38.3 Å². The highest BCUT2D eigenvalue weighted by Gasteiger charge is 2.20. The van der Waals surface area contributed by atoms with Crippen molar-refractivity contribution in [1.82, 2.24) is 15.0 Å². The number of ether oxygens (including phenoxy) is 2. The van der Waals surface area contributed by atoms with Gasteiger partial charge in [-0.15, -0.1) is 0 Å². The number of fused-ring (bicyclic) bond motifs is 1. The monoisotopic (exact) mass is 356 g/mol. The molecule has 1 saturated heterocycles. The molecule has 0 bridgehead atoms. The summed E-state index contributed by atoms with van der Waals surface area (Å²) < 4.78 is 10.9. The van der Waals surface area contributed by atoms with E-state index in [1.807, 2.05) is 30.3 Å². The van der Waals surface area contributed by atoms with E-state index in [9.17, 15) is 0 Å². The van der Waals surface area contributed by atoms with Crippen LogP contribution in [0, 0.1) is 0 Å². The molecule has 1 fully saturated rings. The molecule has 1 aliphatic heterocycles. The summed E-state index contributed by atoms with van der Waals surface area (Å²) in [4.78, 5) is 15.6. The van der Waals surface area contributed by atoms with Crippen LogP contribution in [0.2, 0.25) is 5.15 Å². The highest BCUT2D eigenvalue weighted by Crippen LogP contribution is 2.36. The molecule has 3 heterocycles. The molecule has 3 aromatic rings. The van der Waals surface area contributed by atoms with E-state index in [1.54, 1.807) is 13.3 Å². The average Bonchev–Trinajstić information content (AvgIpc) is 2.67. The van der Waals surface area contributed by atoms with Crippen molar-refractivity contribution in [2.45, 2.75) is 0 Å². The van der Waals surface area contributed by atoms with Gasteiger partial charge in [-0.1, -0.05) is 23.7 Å². The average molecular weight is 357 g/mol. The number of aromatic nitrogens is 3. The van der Waals surface area contributed by atoms with Gasteiger partial charge in [-0.3, -0.25) is 4.98 Å². The topological polar surface area (TPSA) is 60.4 Å². The molecule has 4 rings (SSSR count). The van der Waals surface area contributed by atoms with Crippen molar-refractivity contribution >= 4 is 28.5 Å². The van der Waals surface area contributed by atoms with Gasteiger partial charge in [0.15, 0.2) is 10.9 Å². The third-order valence-electron chi connectivity index (χ3n) is 4.19. The Morgan fingerprint density at radius 1 is 1.16 bits per heavy atom. The van der Waals surface area contributed by atoms with Crippen LogP contribution in [0.3, 0.4) is 0 Å².